The van der Waals surface area contributed by atoms with Crippen LogP contribution in [0.25, 0.3) is 10.8 Å². The van der Waals surface area contributed by atoms with Gasteiger partial charge in [-0.2, -0.15) is 52.7 Å². The van der Waals surface area contributed by atoms with Crippen molar-refractivity contribution in [2.24, 2.45) is 0 Å². The molecule has 6 N–H and O–H groups in total. The van der Waals surface area contributed by atoms with Crippen LogP contribution in [0, 0.1) is 0 Å². The first-order valence-corrected chi connectivity index (χ1v) is 7.86. The number of benzene rings is 2. The number of hydrogen-bond donors (Lipinski definition) is 4. The van der Waals surface area contributed by atoms with E-state index in [1.165, 1.54) is 0 Å². The summed E-state index contributed by atoms with van der Waals surface area (Å²) in [5.41, 5.74) is -7.41. The van der Waals surface area contributed by atoms with Crippen molar-refractivity contribution in [1.82, 2.24) is 0 Å². The van der Waals surface area contributed by atoms with Crippen molar-refractivity contribution in [2.75, 3.05) is 11.5 Å². The minimum atomic E-state index is -6.37. The Hall–Kier alpha value is -2.62. The van der Waals surface area contributed by atoms with Gasteiger partial charge in [0.1, 0.15) is 0 Å². The van der Waals surface area contributed by atoms with Crippen LogP contribution in [-0.2, 0) is 11.2 Å². The third-order valence-corrected chi connectivity index (χ3v) is 4.70. The molecule has 0 unspecified atom stereocenters. The Kier molecular flexibility index (Phi) is 5.56. The van der Waals surface area contributed by atoms with E-state index in [2.05, 4.69) is 0 Å². The van der Waals surface area contributed by atoms with Gasteiger partial charge in [-0.1, -0.05) is 24.3 Å². The van der Waals surface area contributed by atoms with Crippen molar-refractivity contribution in [2.45, 2.75) is 35.9 Å². The van der Waals surface area contributed by atoms with Crippen LogP contribution in [0.2, 0.25) is 0 Å². The molecule has 0 aromatic heterocycles. The Labute approximate surface area is 169 Å². The second-order valence-corrected chi connectivity index (χ2v) is 6.56. The van der Waals surface area contributed by atoms with Gasteiger partial charge in [0.05, 0.1) is 0 Å². The highest BCUT2D eigenvalue weighted by atomic mass is 19.4. The number of alkyl halides is 12. The molecule has 0 aliphatic rings. The van der Waals surface area contributed by atoms with Gasteiger partial charge in [0, 0.05) is 33.3 Å². The minimum Gasteiger partial charge on any atom is -0.398 e. The fraction of sp³-hybridized carbons (Fsp3) is 0.375. The van der Waals surface area contributed by atoms with Crippen molar-refractivity contribution in [3.8, 4) is 0 Å². The first-order valence-electron chi connectivity index (χ1n) is 7.86. The maximum absolute atomic E-state index is 13.1. The maximum Gasteiger partial charge on any atom is 0.430 e. The monoisotopic (exact) mass is 490 g/mol. The number of anilines is 2. The van der Waals surface area contributed by atoms with Gasteiger partial charge in [-0.25, -0.2) is 0 Å². The zero-order chi connectivity index (χ0) is 25.3. The molecule has 0 bridgehead atoms. The Morgan fingerprint density at radius 2 is 0.688 bits per heavy atom. The Bertz CT molecular complexity index is 926. The summed E-state index contributed by atoms with van der Waals surface area (Å²) in [4.78, 5) is 0. The molecule has 0 saturated heterocycles. The third kappa shape index (κ3) is 3.35. The summed E-state index contributed by atoms with van der Waals surface area (Å²) in [6.45, 7) is 0. The van der Waals surface area contributed by atoms with E-state index in [9.17, 15) is 62.9 Å². The fourth-order valence-electron chi connectivity index (χ4n) is 3.02. The largest absolute Gasteiger partial charge is 0.430 e. The first kappa shape index (κ1) is 25.6. The van der Waals surface area contributed by atoms with Crippen molar-refractivity contribution >= 4 is 22.1 Å². The summed E-state index contributed by atoms with van der Waals surface area (Å²) >= 11 is 0. The lowest BCUT2D eigenvalue weighted by Gasteiger charge is -2.35. The average molecular weight is 490 g/mol. The third-order valence-electron chi connectivity index (χ3n) is 4.70. The molecule has 0 saturated carbocycles. The lowest BCUT2D eigenvalue weighted by atomic mass is 9.85. The summed E-state index contributed by atoms with van der Waals surface area (Å²) in [5.74, 6) is 0. The zero-order valence-electron chi connectivity index (χ0n) is 14.9. The number of fused-ring (bicyclic) bond motifs is 1. The molecule has 0 fully saturated rings. The summed E-state index contributed by atoms with van der Waals surface area (Å²) in [7, 11) is 0. The highest BCUT2D eigenvalue weighted by Crippen LogP contribution is 2.55. The quantitative estimate of drug-likeness (QED) is 0.365. The first-order chi connectivity index (χ1) is 14.0. The van der Waals surface area contributed by atoms with Gasteiger partial charge in [0.25, 0.3) is 11.2 Å². The van der Waals surface area contributed by atoms with Crippen LogP contribution >= 0.6 is 0 Å². The predicted octanol–water partition coefficient (Wildman–Crippen LogP) is 4.63. The average Bonchev–Trinajstić information content (AvgIpc) is 2.57. The number of nitrogens with two attached hydrogens (primary N) is 2. The maximum atomic E-state index is 13.1. The normalized spacial score (nSPS) is 14.8. The lowest BCUT2D eigenvalue weighted by Crippen LogP contribution is -2.54. The molecule has 0 aliphatic carbocycles. The summed E-state index contributed by atoms with van der Waals surface area (Å²) in [6, 6.07) is 0.211. The number of nitrogen functional groups attached to an aromatic ring is 2. The summed E-state index contributed by atoms with van der Waals surface area (Å²) in [6.07, 6.45) is -25.5. The van der Waals surface area contributed by atoms with Gasteiger partial charge < -0.3 is 21.7 Å². The van der Waals surface area contributed by atoms with E-state index in [-0.39, 0.29) is 24.3 Å². The van der Waals surface area contributed by atoms with Crippen molar-refractivity contribution in [1.29, 1.82) is 0 Å². The molecule has 2 aromatic rings. The van der Waals surface area contributed by atoms with E-state index < -0.39 is 69.2 Å². The number of hydrogen-bond acceptors (Lipinski definition) is 4. The molecule has 16 heteroatoms. The number of rotatable bonds is 2. The van der Waals surface area contributed by atoms with Gasteiger partial charge in [-0.15, -0.1) is 0 Å². The van der Waals surface area contributed by atoms with Crippen LogP contribution in [0.4, 0.5) is 64.1 Å². The predicted molar refractivity (Wildman–Crippen MR) is 84.8 cm³/mol. The van der Waals surface area contributed by atoms with Crippen molar-refractivity contribution in [3.05, 3.63) is 35.4 Å². The summed E-state index contributed by atoms with van der Waals surface area (Å²) in [5, 5.41) is 17.0. The van der Waals surface area contributed by atoms with Crippen LogP contribution in [-0.4, -0.2) is 34.9 Å². The number of halogens is 12. The Balaban J connectivity index is 2.93. The Morgan fingerprint density at radius 3 is 0.875 bits per heavy atom. The van der Waals surface area contributed by atoms with E-state index in [0.717, 1.165) is 0 Å². The molecule has 0 heterocycles. The zero-order valence-corrected chi connectivity index (χ0v) is 14.9. The molecule has 2 rings (SSSR count). The van der Waals surface area contributed by atoms with E-state index >= 15 is 0 Å². The molecule has 2 aromatic carbocycles. The van der Waals surface area contributed by atoms with Gasteiger partial charge in [-0.05, 0) is 0 Å². The second-order valence-electron chi connectivity index (χ2n) is 6.56. The van der Waals surface area contributed by atoms with Crippen molar-refractivity contribution in [3.63, 3.8) is 0 Å². The van der Waals surface area contributed by atoms with Crippen LogP contribution < -0.4 is 11.5 Å². The number of aliphatic hydroxyl groups is 2. The molecule has 0 atom stereocenters. The van der Waals surface area contributed by atoms with Crippen LogP contribution in [0.3, 0.4) is 0 Å². The molecule has 32 heavy (non-hydrogen) atoms. The van der Waals surface area contributed by atoms with Gasteiger partial charge in [-0.3, -0.25) is 0 Å². The summed E-state index contributed by atoms with van der Waals surface area (Å²) < 4.78 is 157. The fourth-order valence-corrected chi connectivity index (χ4v) is 3.02. The molecule has 0 spiro atoms. The second kappa shape index (κ2) is 6.94. The molecular formula is C16H10F12N2O2. The molecule has 180 valence electrons. The van der Waals surface area contributed by atoms with E-state index in [4.69, 9.17) is 11.5 Å². The molecule has 4 nitrogen and oxygen atoms in total. The highest BCUT2D eigenvalue weighted by Gasteiger charge is 2.73. The SMILES string of the molecule is Nc1c(C(O)(C(F)(F)F)C(F)(F)F)ccc2c(N)c(C(O)(C(F)(F)F)C(F)(F)F)ccc12. The van der Waals surface area contributed by atoms with Crippen LogP contribution in [0.15, 0.2) is 24.3 Å². The van der Waals surface area contributed by atoms with Gasteiger partial charge in [0.15, 0.2) is 0 Å². The van der Waals surface area contributed by atoms with E-state index in [0.29, 0.717) is 0 Å². The molecule has 0 radical (unpaired) electrons. The standard InChI is InChI=1S/C16H10F12N2O2/c17-13(18,19)11(31,14(20,21)22)7-3-1-5-6(10(7)30)2-4-8(9(5)29)12(32,15(23,24)25)16(26,27)28/h1-4,31-32H,29-30H2. The van der Waals surface area contributed by atoms with Crippen molar-refractivity contribution < 1.29 is 62.9 Å². The minimum absolute atomic E-state index is 0.0982. The van der Waals surface area contributed by atoms with E-state index in [1.54, 1.807) is 0 Å². The molecular weight excluding hydrogens is 480 g/mol. The van der Waals surface area contributed by atoms with Crippen LogP contribution in [0.5, 0.6) is 0 Å². The van der Waals surface area contributed by atoms with Crippen LogP contribution in [0.1, 0.15) is 11.1 Å². The smallest absolute Gasteiger partial charge is 0.398 e. The lowest BCUT2D eigenvalue weighted by molar-refractivity contribution is -0.376. The highest BCUT2D eigenvalue weighted by molar-refractivity contribution is 6.02. The molecule has 0 aliphatic heterocycles. The van der Waals surface area contributed by atoms with E-state index in [1.807, 2.05) is 0 Å². The molecule has 0 amide bonds. The van der Waals surface area contributed by atoms with Gasteiger partial charge in [0.2, 0.25) is 0 Å². The van der Waals surface area contributed by atoms with Gasteiger partial charge >= 0.3 is 24.7 Å². The Morgan fingerprint density at radius 1 is 0.469 bits per heavy atom. The topological polar surface area (TPSA) is 92.5 Å².